The first-order valence-electron chi connectivity index (χ1n) is 5.45. The smallest absolute Gasteiger partial charge is 0.319 e. The molecular weight excluding hydrogens is 196 g/mol. The number of rotatable bonds is 4. The molecule has 0 bridgehead atoms. The quantitative estimate of drug-likeness (QED) is 0.523. The Morgan fingerprint density at radius 3 is 2.33 bits per heavy atom. The van der Waals surface area contributed by atoms with Gasteiger partial charge in [0.25, 0.3) is 0 Å². The van der Waals surface area contributed by atoms with Gasteiger partial charge in [0.15, 0.2) is 0 Å². The number of carbonyl (C=O) groups is 2. The Bertz CT molecular complexity index is 241. The number of hydrogen-bond acceptors (Lipinski definition) is 4. The van der Waals surface area contributed by atoms with Crippen molar-refractivity contribution in [3.05, 3.63) is 0 Å². The van der Waals surface area contributed by atoms with Crippen molar-refractivity contribution >= 4 is 11.8 Å². The SMILES string of the molecule is CCOC(=O)C1(C(=O)CC)CCOCC1. The van der Waals surface area contributed by atoms with Gasteiger partial charge < -0.3 is 9.47 Å². The van der Waals surface area contributed by atoms with E-state index < -0.39 is 5.41 Å². The summed E-state index contributed by atoms with van der Waals surface area (Å²) in [7, 11) is 0. The Balaban J connectivity index is 2.84. The molecule has 1 saturated heterocycles. The largest absolute Gasteiger partial charge is 0.465 e. The first kappa shape index (κ1) is 12.2. The van der Waals surface area contributed by atoms with E-state index in [4.69, 9.17) is 9.47 Å². The molecule has 0 aromatic carbocycles. The van der Waals surface area contributed by atoms with Crippen LogP contribution in [-0.2, 0) is 19.1 Å². The number of carbonyl (C=O) groups excluding carboxylic acids is 2. The molecule has 0 spiro atoms. The zero-order valence-corrected chi connectivity index (χ0v) is 9.38. The van der Waals surface area contributed by atoms with E-state index in [9.17, 15) is 9.59 Å². The van der Waals surface area contributed by atoms with Gasteiger partial charge >= 0.3 is 5.97 Å². The molecule has 0 amide bonds. The minimum atomic E-state index is -0.928. The third-order valence-corrected chi connectivity index (χ3v) is 2.87. The zero-order valence-electron chi connectivity index (χ0n) is 9.38. The van der Waals surface area contributed by atoms with Gasteiger partial charge in [0.1, 0.15) is 11.2 Å². The highest BCUT2D eigenvalue weighted by Gasteiger charge is 2.46. The van der Waals surface area contributed by atoms with Crippen molar-refractivity contribution in [3.8, 4) is 0 Å². The van der Waals surface area contributed by atoms with E-state index in [1.54, 1.807) is 13.8 Å². The molecule has 4 nitrogen and oxygen atoms in total. The van der Waals surface area contributed by atoms with Crippen molar-refractivity contribution in [2.24, 2.45) is 5.41 Å². The van der Waals surface area contributed by atoms with Crippen LogP contribution in [0.1, 0.15) is 33.1 Å². The molecule has 0 aromatic heterocycles. The summed E-state index contributed by atoms with van der Waals surface area (Å²) in [4.78, 5) is 23.7. The van der Waals surface area contributed by atoms with Gasteiger partial charge in [0.2, 0.25) is 0 Å². The lowest BCUT2D eigenvalue weighted by Crippen LogP contribution is -2.44. The summed E-state index contributed by atoms with van der Waals surface area (Å²) in [5.74, 6) is -0.399. The van der Waals surface area contributed by atoms with Gasteiger partial charge in [-0.05, 0) is 19.8 Å². The molecule has 1 aliphatic heterocycles. The number of esters is 1. The number of hydrogen-bond donors (Lipinski definition) is 0. The Hall–Kier alpha value is -0.900. The fraction of sp³-hybridized carbons (Fsp3) is 0.818. The average molecular weight is 214 g/mol. The lowest BCUT2D eigenvalue weighted by molar-refractivity contribution is -0.166. The Morgan fingerprint density at radius 2 is 1.87 bits per heavy atom. The van der Waals surface area contributed by atoms with Crippen molar-refractivity contribution in [2.45, 2.75) is 33.1 Å². The summed E-state index contributed by atoms with van der Waals surface area (Å²) < 4.78 is 10.2. The van der Waals surface area contributed by atoms with Gasteiger partial charge in [0.05, 0.1) is 6.61 Å². The molecule has 0 radical (unpaired) electrons. The average Bonchev–Trinajstić information content (AvgIpc) is 2.29. The molecule has 0 N–H and O–H groups in total. The first-order chi connectivity index (χ1) is 7.17. The predicted octanol–water partition coefficient (Wildman–Crippen LogP) is 1.33. The summed E-state index contributed by atoms with van der Waals surface area (Å²) in [6.07, 6.45) is 1.29. The molecule has 0 saturated carbocycles. The van der Waals surface area contributed by atoms with Gasteiger partial charge in [-0.25, -0.2) is 0 Å². The molecule has 1 aliphatic rings. The molecular formula is C11H18O4. The molecule has 0 aromatic rings. The second-order valence-electron chi connectivity index (χ2n) is 3.69. The number of Topliss-reactive ketones (excluding diaryl/α,β-unsaturated/α-hetero) is 1. The maximum atomic E-state index is 11.8. The molecule has 15 heavy (non-hydrogen) atoms. The number of ketones is 1. The van der Waals surface area contributed by atoms with Crippen molar-refractivity contribution in [3.63, 3.8) is 0 Å². The zero-order chi connectivity index (χ0) is 11.3. The van der Waals surface area contributed by atoms with Crippen LogP contribution in [0.4, 0.5) is 0 Å². The Kier molecular flexibility index (Phi) is 4.27. The van der Waals surface area contributed by atoms with Crippen molar-refractivity contribution in [1.82, 2.24) is 0 Å². The van der Waals surface area contributed by atoms with E-state index >= 15 is 0 Å². The van der Waals surface area contributed by atoms with E-state index in [0.29, 0.717) is 39.1 Å². The molecule has 1 rings (SSSR count). The maximum absolute atomic E-state index is 11.8. The van der Waals surface area contributed by atoms with Crippen LogP contribution in [0, 0.1) is 5.41 Å². The fourth-order valence-electron chi connectivity index (χ4n) is 1.92. The van der Waals surface area contributed by atoms with Crippen molar-refractivity contribution in [1.29, 1.82) is 0 Å². The third-order valence-electron chi connectivity index (χ3n) is 2.87. The topological polar surface area (TPSA) is 52.6 Å². The third kappa shape index (κ3) is 2.37. The molecule has 0 atom stereocenters. The summed E-state index contributed by atoms with van der Waals surface area (Å²) in [5, 5.41) is 0. The minimum Gasteiger partial charge on any atom is -0.465 e. The molecule has 0 aliphatic carbocycles. The van der Waals surface area contributed by atoms with Crippen LogP contribution in [0.15, 0.2) is 0 Å². The van der Waals surface area contributed by atoms with Crippen LogP contribution >= 0.6 is 0 Å². The lowest BCUT2D eigenvalue weighted by atomic mass is 9.75. The Labute approximate surface area is 89.9 Å². The van der Waals surface area contributed by atoms with Gasteiger partial charge in [-0.1, -0.05) is 6.92 Å². The van der Waals surface area contributed by atoms with E-state index in [-0.39, 0.29) is 11.8 Å². The normalized spacial score (nSPS) is 19.6. The summed E-state index contributed by atoms with van der Waals surface area (Å²) in [5.41, 5.74) is -0.928. The molecule has 1 heterocycles. The summed E-state index contributed by atoms with van der Waals surface area (Å²) in [6.45, 7) is 4.77. The first-order valence-corrected chi connectivity index (χ1v) is 5.45. The summed E-state index contributed by atoms with van der Waals surface area (Å²) in [6, 6.07) is 0. The highest BCUT2D eigenvalue weighted by atomic mass is 16.5. The minimum absolute atomic E-state index is 0.0238. The van der Waals surface area contributed by atoms with Gasteiger partial charge in [-0.15, -0.1) is 0 Å². The number of ether oxygens (including phenoxy) is 2. The van der Waals surface area contributed by atoms with E-state index in [1.807, 2.05) is 0 Å². The standard InChI is InChI=1S/C11H18O4/c1-3-9(12)11(10(13)15-4-2)5-7-14-8-6-11/h3-8H2,1-2H3. The van der Waals surface area contributed by atoms with Crippen LogP contribution in [-0.4, -0.2) is 31.6 Å². The van der Waals surface area contributed by atoms with Crippen LogP contribution < -0.4 is 0 Å². The molecule has 86 valence electrons. The second-order valence-corrected chi connectivity index (χ2v) is 3.69. The van der Waals surface area contributed by atoms with Crippen LogP contribution in [0.2, 0.25) is 0 Å². The van der Waals surface area contributed by atoms with Crippen molar-refractivity contribution in [2.75, 3.05) is 19.8 Å². The second kappa shape index (κ2) is 5.26. The van der Waals surface area contributed by atoms with Gasteiger partial charge in [-0.3, -0.25) is 9.59 Å². The van der Waals surface area contributed by atoms with Gasteiger partial charge in [0, 0.05) is 19.6 Å². The summed E-state index contributed by atoms with van der Waals surface area (Å²) >= 11 is 0. The Morgan fingerprint density at radius 1 is 1.27 bits per heavy atom. The lowest BCUT2D eigenvalue weighted by Gasteiger charge is -2.32. The van der Waals surface area contributed by atoms with Gasteiger partial charge in [-0.2, -0.15) is 0 Å². The van der Waals surface area contributed by atoms with E-state index in [2.05, 4.69) is 0 Å². The van der Waals surface area contributed by atoms with Crippen LogP contribution in [0.25, 0.3) is 0 Å². The molecule has 4 heteroatoms. The highest BCUT2D eigenvalue weighted by Crippen LogP contribution is 2.34. The van der Waals surface area contributed by atoms with Crippen molar-refractivity contribution < 1.29 is 19.1 Å². The molecule has 1 fully saturated rings. The fourth-order valence-corrected chi connectivity index (χ4v) is 1.92. The van der Waals surface area contributed by atoms with E-state index in [1.165, 1.54) is 0 Å². The van der Waals surface area contributed by atoms with Crippen LogP contribution in [0.3, 0.4) is 0 Å². The molecule has 0 unspecified atom stereocenters. The van der Waals surface area contributed by atoms with E-state index in [0.717, 1.165) is 0 Å². The maximum Gasteiger partial charge on any atom is 0.319 e. The predicted molar refractivity (Wildman–Crippen MR) is 54.4 cm³/mol. The van der Waals surface area contributed by atoms with Crippen LogP contribution in [0.5, 0.6) is 0 Å². The monoisotopic (exact) mass is 214 g/mol. The highest BCUT2D eigenvalue weighted by molar-refractivity contribution is 6.03.